The van der Waals surface area contributed by atoms with Crippen LogP contribution in [0, 0.1) is 0 Å². The van der Waals surface area contributed by atoms with Crippen molar-refractivity contribution in [2.45, 2.75) is 12.5 Å². The Labute approximate surface area is 117 Å². The largest absolute Gasteiger partial charge is 0.478 e. The molecule has 1 atom stereocenters. The first-order valence-corrected chi connectivity index (χ1v) is 6.62. The molecule has 2 aromatic rings. The first kappa shape index (κ1) is 11.4. The molecule has 20 heavy (non-hydrogen) atoms. The van der Waals surface area contributed by atoms with Gasteiger partial charge in [0.25, 0.3) is 0 Å². The van der Waals surface area contributed by atoms with Gasteiger partial charge in [0, 0.05) is 11.6 Å². The topological polar surface area (TPSA) is 27.7 Å². The highest BCUT2D eigenvalue weighted by Gasteiger charge is 2.31. The van der Waals surface area contributed by atoms with Crippen LogP contribution >= 0.6 is 0 Å². The Morgan fingerprint density at radius 2 is 1.70 bits per heavy atom. The lowest BCUT2D eigenvalue weighted by molar-refractivity contribution is 0.137. The second-order valence-corrected chi connectivity index (χ2v) is 5.15. The van der Waals surface area contributed by atoms with Gasteiger partial charge in [-0.2, -0.15) is 0 Å². The third kappa shape index (κ3) is 1.67. The Morgan fingerprint density at radius 3 is 2.50 bits per heavy atom. The smallest absolute Gasteiger partial charge is 0.231 e. The summed E-state index contributed by atoms with van der Waals surface area (Å²) in [6.07, 6.45) is 4.15. The Hall–Kier alpha value is -2.42. The van der Waals surface area contributed by atoms with Crippen molar-refractivity contribution >= 4 is 6.08 Å². The number of hydrogen-bond acceptors (Lipinski definition) is 3. The molecule has 0 aromatic heterocycles. The molecule has 2 aliphatic rings. The van der Waals surface area contributed by atoms with Crippen molar-refractivity contribution in [1.29, 1.82) is 0 Å². The van der Waals surface area contributed by atoms with Crippen LogP contribution in [0.4, 0.5) is 0 Å². The minimum Gasteiger partial charge on any atom is -0.478 e. The lowest BCUT2D eigenvalue weighted by atomic mass is 9.92. The third-order valence-electron chi connectivity index (χ3n) is 3.75. The van der Waals surface area contributed by atoms with Crippen LogP contribution in [0.3, 0.4) is 0 Å². The van der Waals surface area contributed by atoms with Crippen LogP contribution in [0.5, 0.6) is 17.2 Å². The predicted molar refractivity (Wildman–Crippen MR) is 76.0 cm³/mol. The SMILES string of the molecule is CC1(c2ccccc2)C=Cc2cc3c(cc2O1)OCO3. The quantitative estimate of drug-likeness (QED) is 0.787. The van der Waals surface area contributed by atoms with E-state index < -0.39 is 5.60 Å². The van der Waals surface area contributed by atoms with E-state index in [0.29, 0.717) is 0 Å². The summed E-state index contributed by atoms with van der Waals surface area (Å²) in [7, 11) is 0. The molecule has 3 nitrogen and oxygen atoms in total. The van der Waals surface area contributed by atoms with Crippen molar-refractivity contribution < 1.29 is 14.2 Å². The van der Waals surface area contributed by atoms with Crippen molar-refractivity contribution in [3.05, 3.63) is 59.7 Å². The summed E-state index contributed by atoms with van der Waals surface area (Å²) in [5.41, 5.74) is 1.68. The molecule has 0 aliphatic carbocycles. The monoisotopic (exact) mass is 266 g/mol. The first-order chi connectivity index (χ1) is 9.74. The van der Waals surface area contributed by atoms with Gasteiger partial charge in [0.1, 0.15) is 11.4 Å². The van der Waals surface area contributed by atoms with Gasteiger partial charge < -0.3 is 14.2 Å². The van der Waals surface area contributed by atoms with Gasteiger partial charge in [0.2, 0.25) is 6.79 Å². The lowest BCUT2D eigenvalue weighted by Gasteiger charge is -2.32. The van der Waals surface area contributed by atoms with Gasteiger partial charge in [0.15, 0.2) is 11.5 Å². The molecule has 3 heteroatoms. The normalized spacial score (nSPS) is 22.2. The van der Waals surface area contributed by atoms with Crippen LogP contribution in [0.25, 0.3) is 6.08 Å². The number of hydrogen-bond donors (Lipinski definition) is 0. The molecule has 0 saturated heterocycles. The second kappa shape index (κ2) is 4.04. The van der Waals surface area contributed by atoms with E-state index in [9.17, 15) is 0 Å². The zero-order chi connectivity index (χ0) is 13.6. The summed E-state index contributed by atoms with van der Waals surface area (Å²) >= 11 is 0. The van der Waals surface area contributed by atoms with Gasteiger partial charge in [-0.25, -0.2) is 0 Å². The van der Waals surface area contributed by atoms with E-state index in [-0.39, 0.29) is 6.79 Å². The van der Waals surface area contributed by atoms with E-state index in [1.807, 2.05) is 30.3 Å². The van der Waals surface area contributed by atoms with Crippen LogP contribution in [0.2, 0.25) is 0 Å². The fourth-order valence-electron chi connectivity index (χ4n) is 2.59. The minimum absolute atomic E-state index is 0.276. The Balaban J connectivity index is 1.77. The molecular weight excluding hydrogens is 252 g/mol. The average Bonchev–Trinajstić information content (AvgIpc) is 2.93. The van der Waals surface area contributed by atoms with Gasteiger partial charge in [-0.3, -0.25) is 0 Å². The number of ether oxygens (including phenoxy) is 3. The molecule has 0 amide bonds. The zero-order valence-electron chi connectivity index (χ0n) is 11.1. The zero-order valence-corrected chi connectivity index (χ0v) is 11.1. The van der Waals surface area contributed by atoms with Crippen molar-refractivity contribution in [2.75, 3.05) is 6.79 Å². The molecule has 4 rings (SSSR count). The van der Waals surface area contributed by atoms with E-state index in [0.717, 1.165) is 28.4 Å². The molecule has 0 fully saturated rings. The van der Waals surface area contributed by atoms with Gasteiger partial charge in [-0.05, 0) is 24.6 Å². The Morgan fingerprint density at radius 1 is 0.950 bits per heavy atom. The highest BCUT2D eigenvalue weighted by Crippen LogP contribution is 2.44. The standard InChI is InChI=1S/C17H14O3/c1-17(13-5-3-2-4-6-13)8-7-12-9-15-16(19-11-18-15)10-14(12)20-17/h2-10H,11H2,1H3. The molecule has 100 valence electrons. The minimum atomic E-state index is -0.456. The molecule has 0 radical (unpaired) electrons. The first-order valence-electron chi connectivity index (χ1n) is 6.62. The maximum atomic E-state index is 6.21. The van der Waals surface area contributed by atoms with E-state index in [2.05, 4.69) is 31.2 Å². The van der Waals surface area contributed by atoms with E-state index in [1.54, 1.807) is 0 Å². The molecule has 0 spiro atoms. The molecule has 2 aromatic carbocycles. The van der Waals surface area contributed by atoms with Crippen LogP contribution in [-0.4, -0.2) is 6.79 Å². The van der Waals surface area contributed by atoms with Gasteiger partial charge >= 0.3 is 0 Å². The summed E-state index contributed by atoms with van der Waals surface area (Å²) in [6.45, 7) is 2.34. The molecular formula is C17H14O3. The summed E-state index contributed by atoms with van der Waals surface area (Å²) in [6, 6.07) is 14.1. The van der Waals surface area contributed by atoms with E-state index in [4.69, 9.17) is 14.2 Å². The van der Waals surface area contributed by atoms with Crippen molar-refractivity contribution in [3.8, 4) is 17.2 Å². The fourth-order valence-corrected chi connectivity index (χ4v) is 2.59. The molecule has 2 heterocycles. The maximum absolute atomic E-state index is 6.21. The summed E-state index contributed by atoms with van der Waals surface area (Å²) in [4.78, 5) is 0. The Kier molecular flexibility index (Phi) is 2.30. The van der Waals surface area contributed by atoms with Gasteiger partial charge in [-0.15, -0.1) is 0 Å². The number of benzene rings is 2. The highest BCUT2D eigenvalue weighted by atomic mass is 16.7. The molecule has 0 saturated carbocycles. The molecule has 1 unspecified atom stereocenters. The third-order valence-corrected chi connectivity index (χ3v) is 3.75. The molecule has 0 bridgehead atoms. The van der Waals surface area contributed by atoms with Gasteiger partial charge in [-0.1, -0.05) is 36.4 Å². The van der Waals surface area contributed by atoms with Crippen molar-refractivity contribution in [2.24, 2.45) is 0 Å². The van der Waals surface area contributed by atoms with Gasteiger partial charge in [0.05, 0.1) is 0 Å². The Bertz CT molecular complexity index is 691. The highest BCUT2D eigenvalue weighted by molar-refractivity contribution is 5.67. The van der Waals surface area contributed by atoms with Crippen LogP contribution < -0.4 is 14.2 Å². The number of fused-ring (bicyclic) bond motifs is 2. The number of rotatable bonds is 1. The molecule has 0 N–H and O–H groups in total. The van der Waals surface area contributed by atoms with Crippen molar-refractivity contribution in [1.82, 2.24) is 0 Å². The summed E-state index contributed by atoms with van der Waals surface area (Å²) < 4.78 is 17.0. The van der Waals surface area contributed by atoms with E-state index in [1.165, 1.54) is 0 Å². The lowest BCUT2D eigenvalue weighted by Crippen LogP contribution is -2.28. The second-order valence-electron chi connectivity index (χ2n) is 5.15. The van der Waals surface area contributed by atoms with E-state index >= 15 is 0 Å². The molecule has 2 aliphatic heterocycles. The summed E-state index contributed by atoms with van der Waals surface area (Å²) in [5.74, 6) is 2.35. The van der Waals surface area contributed by atoms with Crippen LogP contribution in [-0.2, 0) is 5.60 Å². The summed E-state index contributed by atoms with van der Waals surface area (Å²) in [5, 5.41) is 0. The van der Waals surface area contributed by atoms with Crippen LogP contribution in [0.1, 0.15) is 18.1 Å². The van der Waals surface area contributed by atoms with Crippen molar-refractivity contribution in [3.63, 3.8) is 0 Å². The van der Waals surface area contributed by atoms with Crippen LogP contribution in [0.15, 0.2) is 48.5 Å². The fraction of sp³-hybridized carbons (Fsp3) is 0.176. The predicted octanol–water partition coefficient (Wildman–Crippen LogP) is 3.74. The average molecular weight is 266 g/mol. The maximum Gasteiger partial charge on any atom is 0.231 e.